The summed E-state index contributed by atoms with van der Waals surface area (Å²) in [5.41, 5.74) is 3.05. The lowest BCUT2D eigenvalue weighted by atomic mass is 10.1. The third-order valence-corrected chi connectivity index (χ3v) is 3.95. The minimum absolute atomic E-state index is 0.886. The van der Waals surface area contributed by atoms with Crippen LogP contribution in [0.5, 0.6) is 0 Å². The monoisotopic (exact) mass is 230 g/mol. The van der Waals surface area contributed by atoms with Gasteiger partial charge in [-0.15, -0.1) is 0 Å². The largest absolute Gasteiger partial charge is 0.314 e. The van der Waals surface area contributed by atoms with Crippen molar-refractivity contribution in [1.29, 1.82) is 0 Å². The quantitative estimate of drug-likeness (QED) is 0.851. The molecule has 0 radical (unpaired) electrons. The molecule has 1 saturated carbocycles. The van der Waals surface area contributed by atoms with Crippen molar-refractivity contribution in [2.45, 2.75) is 25.2 Å². The minimum Gasteiger partial charge on any atom is -0.314 e. The first-order valence-corrected chi connectivity index (χ1v) is 6.94. The zero-order valence-corrected chi connectivity index (χ0v) is 10.5. The average Bonchev–Trinajstić information content (AvgIpc) is 3.23. The molecule has 1 aliphatic heterocycles. The van der Waals surface area contributed by atoms with E-state index in [1.807, 2.05) is 0 Å². The normalized spacial score (nSPS) is 21.6. The Morgan fingerprint density at radius 2 is 1.76 bits per heavy atom. The summed E-state index contributed by atoms with van der Waals surface area (Å²) in [7, 11) is 0. The van der Waals surface area contributed by atoms with Crippen molar-refractivity contribution in [1.82, 2.24) is 10.2 Å². The second kappa shape index (κ2) is 5.19. The second-order valence-electron chi connectivity index (χ2n) is 5.36. The predicted octanol–water partition coefficient (Wildman–Crippen LogP) is 2.01. The Morgan fingerprint density at radius 1 is 1.06 bits per heavy atom. The molecule has 0 unspecified atom stereocenters. The summed E-state index contributed by atoms with van der Waals surface area (Å²) in [6.45, 7) is 5.94. The van der Waals surface area contributed by atoms with Crippen LogP contribution in [-0.4, -0.2) is 37.6 Å². The Labute approximate surface area is 104 Å². The van der Waals surface area contributed by atoms with Gasteiger partial charge in [0.1, 0.15) is 0 Å². The maximum absolute atomic E-state index is 3.40. The van der Waals surface area contributed by atoms with Crippen molar-refractivity contribution >= 4 is 0 Å². The zero-order chi connectivity index (χ0) is 11.5. The van der Waals surface area contributed by atoms with E-state index in [0.29, 0.717) is 0 Å². The van der Waals surface area contributed by atoms with Gasteiger partial charge in [0.25, 0.3) is 0 Å². The van der Waals surface area contributed by atoms with E-state index < -0.39 is 0 Å². The third-order valence-electron chi connectivity index (χ3n) is 3.95. The topological polar surface area (TPSA) is 15.3 Å². The van der Waals surface area contributed by atoms with E-state index in [4.69, 9.17) is 0 Å². The van der Waals surface area contributed by atoms with Crippen molar-refractivity contribution in [2.75, 3.05) is 32.7 Å². The summed E-state index contributed by atoms with van der Waals surface area (Å²) in [6, 6.07) is 9.33. The van der Waals surface area contributed by atoms with Crippen LogP contribution in [0.2, 0.25) is 0 Å². The van der Waals surface area contributed by atoms with E-state index in [-0.39, 0.29) is 0 Å². The molecule has 1 aliphatic carbocycles. The van der Waals surface area contributed by atoms with E-state index in [1.165, 1.54) is 44.5 Å². The van der Waals surface area contributed by atoms with Crippen LogP contribution in [0.25, 0.3) is 0 Å². The van der Waals surface area contributed by atoms with Crippen LogP contribution in [0, 0.1) is 0 Å². The fourth-order valence-corrected chi connectivity index (χ4v) is 2.60. The second-order valence-corrected chi connectivity index (χ2v) is 5.36. The first-order valence-electron chi connectivity index (χ1n) is 6.94. The van der Waals surface area contributed by atoms with Crippen LogP contribution in [0.15, 0.2) is 24.3 Å². The predicted molar refractivity (Wildman–Crippen MR) is 71.4 cm³/mol. The lowest BCUT2D eigenvalue weighted by Crippen LogP contribution is -2.44. The van der Waals surface area contributed by atoms with Gasteiger partial charge in [-0.25, -0.2) is 0 Å². The molecule has 1 heterocycles. The number of hydrogen-bond donors (Lipinski definition) is 1. The molecule has 3 rings (SSSR count). The summed E-state index contributed by atoms with van der Waals surface area (Å²) in [5, 5.41) is 3.40. The SMILES string of the molecule is c1cc(C2CC2)ccc1CCN1CCNCC1. The Kier molecular flexibility index (Phi) is 3.44. The van der Waals surface area contributed by atoms with Crippen LogP contribution in [0.4, 0.5) is 0 Å². The van der Waals surface area contributed by atoms with Crippen LogP contribution in [0.1, 0.15) is 29.9 Å². The lowest BCUT2D eigenvalue weighted by Gasteiger charge is -2.27. The van der Waals surface area contributed by atoms with Gasteiger partial charge >= 0.3 is 0 Å². The fourth-order valence-electron chi connectivity index (χ4n) is 2.60. The maximum Gasteiger partial charge on any atom is 0.0108 e. The molecular weight excluding hydrogens is 208 g/mol. The number of benzene rings is 1. The summed E-state index contributed by atoms with van der Waals surface area (Å²) in [6.07, 6.45) is 4.01. The van der Waals surface area contributed by atoms with Crippen molar-refractivity contribution in [3.63, 3.8) is 0 Å². The molecule has 0 atom stereocenters. The molecule has 1 aromatic carbocycles. The molecule has 0 bridgehead atoms. The number of piperazine rings is 1. The average molecular weight is 230 g/mol. The van der Waals surface area contributed by atoms with Crippen LogP contribution < -0.4 is 5.32 Å². The van der Waals surface area contributed by atoms with E-state index in [2.05, 4.69) is 34.5 Å². The number of hydrogen-bond acceptors (Lipinski definition) is 2. The number of nitrogens with one attached hydrogen (secondary N) is 1. The highest BCUT2D eigenvalue weighted by Crippen LogP contribution is 2.39. The highest BCUT2D eigenvalue weighted by Gasteiger charge is 2.22. The summed E-state index contributed by atoms with van der Waals surface area (Å²) >= 11 is 0. The third kappa shape index (κ3) is 3.08. The van der Waals surface area contributed by atoms with Crippen molar-refractivity contribution < 1.29 is 0 Å². The molecule has 2 aliphatic rings. The Bertz CT molecular complexity index is 348. The van der Waals surface area contributed by atoms with E-state index in [9.17, 15) is 0 Å². The molecule has 1 N–H and O–H groups in total. The van der Waals surface area contributed by atoms with Crippen LogP contribution in [-0.2, 0) is 6.42 Å². The van der Waals surface area contributed by atoms with Gasteiger partial charge in [-0.2, -0.15) is 0 Å². The first kappa shape index (κ1) is 11.2. The van der Waals surface area contributed by atoms with Gasteiger partial charge in [0.05, 0.1) is 0 Å². The van der Waals surface area contributed by atoms with Gasteiger partial charge in [0.2, 0.25) is 0 Å². The maximum atomic E-state index is 3.40. The van der Waals surface area contributed by atoms with Gasteiger partial charge in [0.15, 0.2) is 0 Å². The number of rotatable bonds is 4. The Balaban J connectivity index is 1.50. The standard InChI is InChI=1S/C15H22N2/c1-3-14(15-5-6-15)4-2-13(1)7-10-17-11-8-16-9-12-17/h1-4,15-16H,5-12H2. The molecule has 17 heavy (non-hydrogen) atoms. The first-order chi connectivity index (χ1) is 8.42. The van der Waals surface area contributed by atoms with Crippen LogP contribution in [0.3, 0.4) is 0 Å². The summed E-state index contributed by atoms with van der Waals surface area (Å²) in [4.78, 5) is 2.56. The molecule has 1 saturated heterocycles. The zero-order valence-electron chi connectivity index (χ0n) is 10.5. The summed E-state index contributed by atoms with van der Waals surface area (Å²) < 4.78 is 0. The van der Waals surface area contributed by atoms with Gasteiger partial charge < -0.3 is 10.2 Å². The highest BCUT2D eigenvalue weighted by molar-refractivity contribution is 5.28. The van der Waals surface area contributed by atoms with Gasteiger partial charge in [-0.1, -0.05) is 24.3 Å². The minimum atomic E-state index is 0.886. The van der Waals surface area contributed by atoms with Crippen molar-refractivity contribution in [3.05, 3.63) is 35.4 Å². The lowest BCUT2D eigenvalue weighted by molar-refractivity contribution is 0.244. The molecular formula is C15H22N2. The van der Waals surface area contributed by atoms with E-state index in [0.717, 1.165) is 19.0 Å². The molecule has 92 valence electrons. The van der Waals surface area contributed by atoms with E-state index in [1.54, 1.807) is 5.56 Å². The van der Waals surface area contributed by atoms with Gasteiger partial charge in [0, 0.05) is 32.7 Å². The molecule has 0 amide bonds. The number of nitrogens with zero attached hydrogens (tertiary/aromatic N) is 1. The summed E-state index contributed by atoms with van der Waals surface area (Å²) in [5.74, 6) is 0.886. The van der Waals surface area contributed by atoms with Gasteiger partial charge in [-0.3, -0.25) is 0 Å². The van der Waals surface area contributed by atoms with E-state index >= 15 is 0 Å². The molecule has 0 aromatic heterocycles. The molecule has 2 nitrogen and oxygen atoms in total. The fraction of sp³-hybridized carbons (Fsp3) is 0.600. The van der Waals surface area contributed by atoms with Gasteiger partial charge in [-0.05, 0) is 36.3 Å². The van der Waals surface area contributed by atoms with Crippen LogP contribution >= 0.6 is 0 Å². The Morgan fingerprint density at radius 3 is 2.41 bits per heavy atom. The molecule has 2 heteroatoms. The molecule has 2 fully saturated rings. The molecule has 1 aromatic rings. The van der Waals surface area contributed by atoms with Crippen molar-refractivity contribution in [2.24, 2.45) is 0 Å². The van der Waals surface area contributed by atoms with Crippen molar-refractivity contribution in [3.8, 4) is 0 Å². The molecule has 0 spiro atoms. The highest BCUT2D eigenvalue weighted by atomic mass is 15.2. The Hall–Kier alpha value is -0.860. The smallest absolute Gasteiger partial charge is 0.0108 e.